The predicted molar refractivity (Wildman–Crippen MR) is 118 cm³/mol. The molecule has 31 heavy (non-hydrogen) atoms. The Kier molecular flexibility index (Phi) is 7.31. The zero-order valence-electron chi connectivity index (χ0n) is 17.6. The third-order valence-electron chi connectivity index (χ3n) is 4.68. The van der Waals surface area contributed by atoms with E-state index in [1.165, 1.54) is 6.08 Å². The van der Waals surface area contributed by atoms with E-state index >= 15 is 0 Å². The summed E-state index contributed by atoms with van der Waals surface area (Å²) in [6.45, 7) is 5.79. The second kappa shape index (κ2) is 10.1. The highest BCUT2D eigenvalue weighted by Gasteiger charge is 2.12. The fourth-order valence-electron chi connectivity index (χ4n) is 3.20. The molecule has 0 fully saturated rings. The minimum absolute atomic E-state index is 0.337. The van der Waals surface area contributed by atoms with E-state index in [-0.39, 0.29) is 12.5 Å². The number of aromatic nitrogens is 2. The van der Waals surface area contributed by atoms with E-state index in [2.05, 4.69) is 10.5 Å². The van der Waals surface area contributed by atoms with Gasteiger partial charge in [0.2, 0.25) is 0 Å². The van der Waals surface area contributed by atoms with Gasteiger partial charge in [0.05, 0.1) is 0 Å². The maximum atomic E-state index is 12.0. The Morgan fingerprint density at radius 2 is 2.03 bits per heavy atom. The zero-order chi connectivity index (χ0) is 22.4. The van der Waals surface area contributed by atoms with Crippen LogP contribution in [0.3, 0.4) is 0 Å². The van der Waals surface area contributed by atoms with Gasteiger partial charge in [-0.1, -0.05) is 28.9 Å². The molecule has 0 saturated heterocycles. The zero-order valence-corrected chi connectivity index (χ0v) is 18.4. The van der Waals surface area contributed by atoms with E-state index in [0.717, 1.165) is 22.5 Å². The number of amides is 1. The third kappa shape index (κ3) is 6.08. The van der Waals surface area contributed by atoms with Gasteiger partial charge in [-0.05, 0) is 62.6 Å². The molecule has 0 saturated carbocycles. The van der Waals surface area contributed by atoms with Gasteiger partial charge in [0.15, 0.2) is 12.4 Å². The monoisotopic (exact) mass is 441 g/mol. The van der Waals surface area contributed by atoms with Crippen LogP contribution < -0.4 is 5.32 Å². The molecular weight excluding hydrogens is 418 g/mol. The number of carbonyl (C=O) groups excluding carboxylic acids is 2. The third-order valence-corrected chi connectivity index (χ3v) is 4.92. The van der Waals surface area contributed by atoms with E-state index in [4.69, 9.17) is 20.9 Å². The highest BCUT2D eigenvalue weighted by atomic mass is 35.5. The number of esters is 1. The second-order valence-corrected chi connectivity index (χ2v) is 7.56. The van der Waals surface area contributed by atoms with Gasteiger partial charge in [-0.15, -0.1) is 0 Å². The van der Waals surface area contributed by atoms with Crippen molar-refractivity contribution >= 4 is 29.6 Å². The molecule has 1 aromatic carbocycles. The van der Waals surface area contributed by atoms with Gasteiger partial charge in [0.1, 0.15) is 5.76 Å². The molecule has 2 aromatic heterocycles. The van der Waals surface area contributed by atoms with Crippen LogP contribution in [0.15, 0.2) is 47.0 Å². The number of ether oxygens (including phenoxy) is 1. The Balaban J connectivity index is 1.48. The lowest BCUT2D eigenvalue weighted by Gasteiger charge is -2.06. The first-order chi connectivity index (χ1) is 14.8. The summed E-state index contributed by atoms with van der Waals surface area (Å²) in [5.74, 6) is 0.452. The molecule has 3 rings (SSSR count). The number of hydrogen-bond acceptors (Lipinski definition) is 5. The first kappa shape index (κ1) is 22.4. The fourth-order valence-corrected chi connectivity index (χ4v) is 3.41. The smallest absolute Gasteiger partial charge is 0.331 e. The summed E-state index contributed by atoms with van der Waals surface area (Å²) in [7, 11) is 0. The minimum Gasteiger partial charge on any atom is -0.452 e. The van der Waals surface area contributed by atoms with E-state index < -0.39 is 5.97 Å². The van der Waals surface area contributed by atoms with Crippen molar-refractivity contribution in [1.82, 2.24) is 15.0 Å². The largest absolute Gasteiger partial charge is 0.452 e. The number of carbonyl (C=O) groups is 2. The second-order valence-electron chi connectivity index (χ2n) is 7.13. The quantitative estimate of drug-likeness (QED) is 0.422. The Morgan fingerprint density at radius 3 is 2.74 bits per heavy atom. The number of rotatable bonds is 8. The number of halogens is 1. The van der Waals surface area contributed by atoms with Gasteiger partial charge in [-0.2, -0.15) is 0 Å². The van der Waals surface area contributed by atoms with E-state index in [1.807, 2.05) is 55.7 Å². The lowest BCUT2D eigenvalue weighted by atomic mass is 10.1. The minimum atomic E-state index is -0.591. The van der Waals surface area contributed by atoms with Crippen molar-refractivity contribution in [2.24, 2.45) is 0 Å². The highest BCUT2D eigenvalue weighted by Crippen LogP contribution is 2.21. The average molecular weight is 442 g/mol. The average Bonchev–Trinajstić information content (AvgIpc) is 3.26. The number of aryl methyl sites for hydroxylation is 2. The SMILES string of the molecule is Cc1cc(-n2c(C)cc(/C=C/C(=O)OCC(=O)NCCc3cccc(Cl)c3)c2C)no1. The van der Waals surface area contributed by atoms with Gasteiger partial charge in [0, 0.05) is 35.1 Å². The molecule has 0 aliphatic heterocycles. The molecular formula is C23H24ClN3O4. The lowest BCUT2D eigenvalue weighted by molar-refractivity contribution is -0.143. The fraction of sp³-hybridized carbons (Fsp3) is 0.261. The summed E-state index contributed by atoms with van der Waals surface area (Å²) in [4.78, 5) is 23.9. The number of hydrogen-bond donors (Lipinski definition) is 1. The van der Waals surface area contributed by atoms with E-state index in [9.17, 15) is 9.59 Å². The van der Waals surface area contributed by atoms with Gasteiger partial charge < -0.3 is 14.6 Å². The van der Waals surface area contributed by atoms with Crippen molar-refractivity contribution < 1.29 is 18.8 Å². The van der Waals surface area contributed by atoms with Crippen molar-refractivity contribution in [3.63, 3.8) is 0 Å². The van der Waals surface area contributed by atoms with Gasteiger partial charge in [0.25, 0.3) is 5.91 Å². The highest BCUT2D eigenvalue weighted by molar-refractivity contribution is 6.30. The molecule has 0 bridgehead atoms. The van der Waals surface area contributed by atoms with Crippen LogP contribution in [0.2, 0.25) is 5.02 Å². The maximum absolute atomic E-state index is 12.0. The van der Waals surface area contributed by atoms with Crippen molar-refractivity contribution in [2.75, 3.05) is 13.2 Å². The van der Waals surface area contributed by atoms with Gasteiger partial charge >= 0.3 is 5.97 Å². The molecule has 3 aromatic rings. The molecule has 8 heteroatoms. The van der Waals surface area contributed by atoms with Crippen LogP contribution in [0.1, 0.15) is 28.3 Å². The standard InChI is InChI=1S/C23H24ClN3O4/c1-15-11-19(17(3)27(15)21-12-16(2)31-26-21)7-8-23(29)30-14-22(28)25-10-9-18-5-4-6-20(24)13-18/h4-8,11-13H,9-10,14H2,1-3H3,(H,25,28)/b8-7+. The Bertz CT molecular complexity index is 1110. The molecule has 0 atom stereocenters. The van der Waals surface area contributed by atoms with Crippen LogP contribution in [0.25, 0.3) is 11.9 Å². The van der Waals surface area contributed by atoms with Crippen molar-refractivity contribution in [2.45, 2.75) is 27.2 Å². The molecule has 0 radical (unpaired) electrons. The normalized spacial score (nSPS) is 11.1. The van der Waals surface area contributed by atoms with Crippen LogP contribution in [-0.4, -0.2) is 34.8 Å². The molecule has 7 nitrogen and oxygen atoms in total. The van der Waals surface area contributed by atoms with Crippen LogP contribution in [-0.2, 0) is 20.7 Å². The summed E-state index contributed by atoms with van der Waals surface area (Å²) in [5, 5.41) is 7.41. The Hall–Kier alpha value is -3.32. The number of nitrogens with one attached hydrogen (secondary N) is 1. The molecule has 1 N–H and O–H groups in total. The predicted octanol–water partition coefficient (Wildman–Crippen LogP) is 3.96. The lowest BCUT2D eigenvalue weighted by Crippen LogP contribution is -2.30. The number of nitrogens with zero attached hydrogens (tertiary/aromatic N) is 2. The number of benzene rings is 1. The van der Waals surface area contributed by atoms with Crippen LogP contribution in [0.5, 0.6) is 0 Å². The van der Waals surface area contributed by atoms with Crippen molar-refractivity contribution in [3.05, 3.63) is 75.8 Å². The first-order valence-corrected chi connectivity index (χ1v) is 10.2. The Labute approximate surface area is 185 Å². The van der Waals surface area contributed by atoms with Gasteiger partial charge in [-0.3, -0.25) is 9.36 Å². The summed E-state index contributed by atoms with van der Waals surface area (Å²) >= 11 is 5.94. The molecule has 1 amide bonds. The van der Waals surface area contributed by atoms with Crippen LogP contribution in [0.4, 0.5) is 0 Å². The van der Waals surface area contributed by atoms with E-state index in [1.54, 1.807) is 12.1 Å². The molecule has 0 aliphatic rings. The van der Waals surface area contributed by atoms with E-state index in [0.29, 0.717) is 29.6 Å². The van der Waals surface area contributed by atoms with Crippen LogP contribution >= 0.6 is 11.6 Å². The maximum Gasteiger partial charge on any atom is 0.331 e. The summed E-state index contributed by atoms with van der Waals surface area (Å²) in [5.41, 5.74) is 3.73. The summed E-state index contributed by atoms with van der Waals surface area (Å²) in [6.07, 6.45) is 3.60. The topological polar surface area (TPSA) is 86.4 Å². The molecule has 162 valence electrons. The van der Waals surface area contributed by atoms with Crippen molar-refractivity contribution in [1.29, 1.82) is 0 Å². The molecule has 0 aliphatic carbocycles. The summed E-state index contributed by atoms with van der Waals surface area (Å²) in [6, 6.07) is 11.2. The van der Waals surface area contributed by atoms with Crippen LogP contribution in [0, 0.1) is 20.8 Å². The van der Waals surface area contributed by atoms with Crippen molar-refractivity contribution in [3.8, 4) is 5.82 Å². The molecule has 0 spiro atoms. The summed E-state index contributed by atoms with van der Waals surface area (Å²) < 4.78 is 12.1. The first-order valence-electron chi connectivity index (χ1n) is 9.82. The molecule has 2 heterocycles. The Morgan fingerprint density at radius 1 is 1.23 bits per heavy atom. The molecule has 0 unspecified atom stereocenters. The van der Waals surface area contributed by atoms with Gasteiger partial charge in [-0.25, -0.2) is 4.79 Å².